The lowest BCUT2D eigenvalue weighted by molar-refractivity contribution is 0.686. The minimum absolute atomic E-state index is 1.14. The molecule has 11 rings (SSSR count). The molecule has 0 spiro atoms. The van der Waals surface area contributed by atoms with Crippen LogP contribution in [0.4, 0.5) is 34.1 Å². The fourth-order valence-corrected chi connectivity index (χ4v) is 10.3. The fourth-order valence-electron chi connectivity index (χ4n) is 10.3. The van der Waals surface area contributed by atoms with Gasteiger partial charge in [-0.25, -0.2) is 0 Å². The zero-order valence-corrected chi connectivity index (χ0v) is 38.2. The SMILES string of the molecule is Cc1ccc(N(c2ccc(C=Cc3ccc4cc5cc(C=Cc6ccc(N(c7ccc(C)cc7)c7cccc8c7CCCC8)cc6)ccc5cc4c3)cc2)c2cccc3c2CCCC3)cc1. The summed E-state index contributed by atoms with van der Waals surface area (Å²) >= 11 is 0. The van der Waals surface area contributed by atoms with Crippen molar-refractivity contribution >= 4 is 80.0 Å². The molecule has 9 aromatic carbocycles. The van der Waals surface area contributed by atoms with E-state index in [0.29, 0.717) is 0 Å². The Morgan fingerprint density at radius 3 is 1.08 bits per heavy atom. The number of nitrogens with zero attached hydrogens (tertiary/aromatic N) is 2. The summed E-state index contributed by atoms with van der Waals surface area (Å²) in [4.78, 5) is 4.89. The fraction of sp³-hybridized carbons (Fsp3) is 0.156. The molecular weight excluding hydrogens is 797 g/mol. The van der Waals surface area contributed by atoms with Crippen LogP contribution in [0.5, 0.6) is 0 Å². The summed E-state index contributed by atoms with van der Waals surface area (Å²) in [5.74, 6) is 0. The van der Waals surface area contributed by atoms with E-state index in [1.54, 1.807) is 0 Å². The van der Waals surface area contributed by atoms with Crippen LogP contribution in [-0.2, 0) is 25.7 Å². The van der Waals surface area contributed by atoms with Gasteiger partial charge in [-0.15, -0.1) is 0 Å². The van der Waals surface area contributed by atoms with E-state index in [9.17, 15) is 0 Å². The van der Waals surface area contributed by atoms with E-state index < -0.39 is 0 Å². The standard InChI is InChI=1S/C64H56N2/c1-45-17-33-57(34-18-45)65(63-15-7-11-51-9-3-5-13-61(51)63)59-37-27-47(28-38-59)21-23-49-25-31-53-44-56-42-50(26-32-54(56)43-55(53)41-49)24-22-48-29-39-60(40-30-48)66(58-35-19-46(2)20-36-58)64-16-8-12-52-10-4-6-14-62(52)64/h7-8,11-12,15-44H,3-6,9-10,13-14H2,1-2H3. The van der Waals surface area contributed by atoms with Gasteiger partial charge in [-0.1, -0.05) is 132 Å². The van der Waals surface area contributed by atoms with Crippen LogP contribution >= 0.6 is 0 Å². The van der Waals surface area contributed by atoms with Crippen molar-refractivity contribution < 1.29 is 0 Å². The van der Waals surface area contributed by atoms with Crippen LogP contribution < -0.4 is 9.80 Å². The summed E-state index contributed by atoms with van der Waals surface area (Å²) in [6.45, 7) is 4.31. The van der Waals surface area contributed by atoms with Crippen LogP contribution in [0.15, 0.2) is 182 Å². The molecule has 0 aliphatic heterocycles. The molecule has 2 nitrogen and oxygen atoms in total. The van der Waals surface area contributed by atoms with Crippen molar-refractivity contribution in [3.05, 3.63) is 238 Å². The molecule has 2 aliphatic carbocycles. The second-order valence-corrected chi connectivity index (χ2v) is 18.5. The van der Waals surface area contributed by atoms with Gasteiger partial charge < -0.3 is 9.80 Å². The molecule has 0 heterocycles. The summed E-state index contributed by atoms with van der Waals surface area (Å²) in [6.07, 6.45) is 18.6. The molecule has 0 bridgehead atoms. The highest BCUT2D eigenvalue weighted by atomic mass is 15.1. The minimum Gasteiger partial charge on any atom is -0.310 e. The minimum atomic E-state index is 1.14. The Kier molecular flexibility index (Phi) is 11.4. The summed E-state index contributed by atoms with van der Waals surface area (Å²) in [5.41, 5.74) is 20.7. The van der Waals surface area contributed by atoms with E-state index in [1.807, 2.05) is 0 Å². The lowest BCUT2D eigenvalue weighted by atomic mass is 9.90. The first kappa shape index (κ1) is 41.3. The Balaban J connectivity index is 0.803. The number of hydrogen-bond donors (Lipinski definition) is 0. The highest BCUT2D eigenvalue weighted by Crippen LogP contribution is 2.42. The molecule has 2 aliphatic rings. The van der Waals surface area contributed by atoms with Gasteiger partial charge in [0.05, 0.1) is 0 Å². The van der Waals surface area contributed by atoms with E-state index >= 15 is 0 Å². The number of aryl methyl sites for hydroxylation is 4. The van der Waals surface area contributed by atoms with Crippen molar-refractivity contribution in [2.24, 2.45) is 0 Å². The van der Waals surface area contributed by atoms with Gasteiger partial charge in [0.2, 0.25) is 0 Å². The van der Waals surface area contributed by atoms with Crippen LogP contribution in [0.2, 0.25) is 0 Å². The Hall–Kier alpha value is -7.42. The molecule has 0 unspecified atom stereocenters. The van der Waals surface area contributed by atoms with Gasteiger partial charge in [-0.2, -0.15) is 0 Å². The number of benzene rings is 9. The predicted octanol–water partition coefficient (Wildman–Crippen LogP) is 17.6. The van der Waals surface area contributed by atoms with E-state index in [2.05, 4.69) is 230 Å². The Bertz CT molecular complexity index is 3020. The van der Waals surface area contributed by atoms with Crippen LogP contribution in [0, 0.1) is 13.8 Å². The van der Waals surface area contributed by atoms with E-state index in [0.717, 1.165) is 12.8 Å². The van der Waals surface area contributed by atoms with Crippen LogP contribution in [0.25, 0.3) is 45.8 Å². The van der Waals surface area contributed by atoms with Crippen molar-refractivity contribution in [3.8, 4) is 0 Å². The third-order valence-electron chi connectivity index (χ3n) is 13.9. The van der Waals surface area contributed by atoms with E-state index in [1.165, 1.54) is 150 Å². The van der Waals surface area contributed by atoms with Crippen LogP contribution in [-0.4, -0.2) is 0 Å². The maximum absolute atomic E-state index is 2.44. The average molecular weight is 853 g/mol. The molecule has 0 radical (unpaired) electrons. The summed E-state index contributed by atoms with van der Waals surface area (Å²) in [5, 5.41) is 4.99. The molecule has 0 saturated heterocycles. The van der Waals surface area contributed by atoms with Crippen molar-refractivity contribution in [1.82, 2.24) is 0 Å². The van der Waals surface area contributed by atoms with E-state index in [4.69, 9.17) is 0 Å². The zero-order valence-electron chi connectivity index (χ0n) is 38.2. The summed E-state index contributed by atoms with van der Waals surface area (Å²) < 4.78 is 0. The molecule has 0 amide bonds. The number of hydrogen-bond acceptors (Lipinski definition) is 2. The van der Waals surface area contributed by atoms with Gasteiger partial charge in [0, 0.05) is 34.1 Å². The number of rotatable bonds is 10. The smallest absolute Gasteiger partial charge is 0.0496 e. The molecule has 0 atom stereocenters. The first-order valence-electron chi connectivity index (χ1n) is 24.0. The molecule has 2 heteroatoms. The van der Waals surface area contributed by atoms with Gasteiger partial charge in [0.25, 0.3) is 0 Å². The normalized spacial score (nSPS) is 13.6. The Morgan fingerprint density at radius 2 is 0.667 bits per heavy atom. The van der Waals surface area contributed by atoms with Crippen LogP contribution in [0.3, 0.4) is 0 Å². The molecule has 0 N–H and O–H groups in total. The number of fused-ring (bicyclic) bond motifs is 4. The van der Waals surface area contributed by atoms with Gasteiger partial charge in [0.1, 0.15) is 0 Å². The average Bonchev–Trinajstić information content (AvgIpc) is 3.36. The Labute approximate surface area is 390 Å². The molecule has 322 valence electrons. The van der Waals surface area contributed by atoms with E-state index in [-0.39, 0.29) is 0 Å². The highest BCUT2D eigenvalue weighted by Gasteiger charge is 2.22. The lowest BCUT2D eigenvalue weighted by Crippen LogP contribution is -2.15. The monoisotopic (exact) mass is 852 g/mol. The third-order valence-corrected chi connectivity index (χ3v) is 13.9. The van der Waals surface area contributed by atoms with Gasteiger partial charge in [-0.3, -0.25) is 0 Å². The maximum atomic E-state index is 2.44. The molecule has 66 heavy (non-hydrogen) atoms. The summed E-state index contributed by atoms with van der Waals surface area (Å²) in [7, 11) is 0. The topological polar surface area (TPSA) is 6.48 Å². The first-order chi connectivity index (χ1) is 32.5. The molecule has 0 fully saturated rings. The highest BCUT2D eigenvalue weighted by molar-refractivity contribution is 6.00. The van der Waals surface area contributed by atoms with Crippen molar-refractivity contribution in [2.75, 3.05) is 9.80 Å². The maximum Gasteiger partial charge on any atom is 0.0496 e. The predicted molar refractivity (Wildman–Crippen MR) is 284 cm³/mol. The quantitative estimate of drug-likeness (QED) is 0.0999. The summed E-state index contributed by atoms with van der Waals surface area (Å²) in [6, 6.07) is 67.9. The molecule has 0 saturated carbocycles. The van der Waals surface area contributed by atoms with Crippen molar-refractivity contribution in [1.29, 1.82) is 0 Å². The molecular formula is C64H56N2. The molecule has 9 aromatic rings. The lowest BCUT2D eigenvalue weighted by Gasteiger charge is -2.30. The third kappa shape index (κ3) is 8.60. The van der Waals surface area contributed by atoms with Gasteiger partial charge in [0.15, 0.2) is 0 Å². The van der Waals surface area contributed by atoms with Gasteiger partial charge in [-0.05, 0) is 216 Å². The zero-order chi connectivity index (χ0) is 44.4. The van der Waals surface area contributed by atoms with Gasteiger partial charge >= 0.3 is 0 Å². The van der Waals surface area contributed by atoms with Crippen molar-refractivity contribution in [2.45, 2.75) is 65.2 Å². The van der Waals surface area contributed by atoms with Crippen molar-refractivity contribution in [3.63, 3.8) is 0 Å². The first-order valence-corrected chi connectivity index (χ1v) is 24.0. The number of anilines is 6. The molecule has 0 aromatic heterocycles. The second kappa shape index (κ2) is 18.2. The van der Waals surface area contributed by atoms with Crippen LogP contribution in [0.1, 0.15) is 81.3 Å². The Morgan fingerprint density at radius 1 is 0.318 bits per heavy atom. The largest absolute Gasteiger partial charge is 0.310 e. The second-order valence-electron chi connectivity index (χ2n) is 18.5.